The molecule has 1 amide bonds. The van der Waals surface area contributed by atoms with Crippen molar-refractivity contribution in [2.45, 2.75) is 6.04 Å². The van der Waals surface area contributed by atoms with E-state index in [2.05, 4.69) is 5.32 Å². The van der Waals surface area contributed by atoms with E-state index in [1.54, 1.807) is 4.90 Å². The van der Waals surface area contributed by atoms with Gasteiger partial charge in [0.1, 0.15) is 11.7 Å². The Bertz CT molecular complexity index is 595. The SMILES string of the molecule is N#Cc1ccc(N2CCNC(C(N)=O)C2)c([N+](=O)[O-])c1. The monoisotopic (exact) mass is 275 g/mol. The summed E-state index contributed by atoms with van der Waals surface area (Å²) in [5.41, 5.74) is 5.72. The number of carbonyl (C=O) groups excluding carboxylic acids is 1. The van der Waals surface area contributed by atoms with Crippen molar-refractivity contribution < 1.29 is 9.72 Å². The van der Waals surface area contributed by atoms with Gasteiger partial charge in [0.2, 0.25) is 5.91 Å². The van der Waals surface area contributed by atoms with Gasteiger partial charge < -0.3 is 16.0 Å². The van der Waals surface area contributed by atoms with Crippen molar-refractivity contribution in [3.8, 4) is 6.07 Å². The topological polar surface area (TPSA) is 125 Å². The number of anilines is 1. The summed E-state index contributed by atoms with van der Waals surface area (Å²) in [7, 11) is 0. The third-order valence-corrected chi connectivity index (χ3v) is 3.16. The smallest absolute Gasteiger partial charge is 0.293 e. The van der Waals surface area contributed by atoms with Gasteiger partial charge in [-0.15, -0.1) is 0 Å². The molecular weight excluding hydrogens is 262 g/mol. The van der Waals surface area contributed by atoms with E-state index in [9.17, 15) is 14.9 Å². The Kier molecular flexibility index (Phi) is 3.81. The molecule has 2 rings (SSSR count). The average molecular weight is 275 g/mol. The third-order valence-electron chi connectivity index (χ3n) is 3.16. The third kappa shape index (κ3) is 2.67. The molecule has 1 aliphatic rings. The molecule has 104 valence electrons. The molecule has 1 aromatic rings. The first-order valence-electron chi connectivity index (χ1n) is 5.99. The maximum atomic E-state index is 11.2. The van der Waals surface area contributed by atoms with Gasteiger partial charge in [0.15, 0.2) is 0 Å². The van der Waals surface area contributed by atoms with Gasteiger partial charge in [-0.2, -0.15) is 5.26 Å². The molecule has 0 aliphatic carbocycles. The highest BCUT2D eigenvalue weighted by atomic mass is 16.6. The summed E-state index contributed by atoms with van der Waals surface area (Å²) in [4.78, 5) is 23.5. The molecule has 1 aromatic carbocycles. The fourth-order valence-electron chi connectivity index (χ4n) is 2.17. The summed E-state index contributed by atoms with van der Waals surface area (Å²) < 4.78 is 0. The van der Waals surface area contributed by atoms with Crippen LogP contribution < -0.4 is 16.0 Å². The number of hydrogen-bond donors (Lipinski definition) is 2. The van der Waals surface area contributed by atoms with Crippen LogP contribution in [0.25, 0.3) is 0 Å². The van der Waals surface area contributed by atoms with Gasteiger partial charge in [0.25, 0.3) is 5.69 Å². The Morgan fingerprint density at radius 1 is 1.60 bits per heavy atom. The van der Waals surface area contributed by atoms with Crippen LogP contribution in [0.3, 0.4) is 0 Å². The molecule has 0 bridgehead atoms. The van der Waals surface area contributed by atoms with Gasteiger partial charge in [0.05, 0.1) is 16.6 Å². The Hall–Kier alpha value is -2.66. The Balaban J connectivity index is 2.34. The molecule has 0 saturated carbocycles. The Morgan fingerprint density at radius 3 is 2.95 bits per heavy atom. The molecule has 0 aromatic heterocycles. The van der Waals surface area contributed by atoms with E-state index < -0.39 is 16.9 Å². The molecule has 1 heterocycles. The number of primary amides is 1. The zero-order chi connectivity index (χ0) is 14.7. The van der Waals surface area contributed by atoms with Crippen molar-refractivity contribution in [2.75, 3.05) is 24.5 Å². The minimum absolute atomic E-state index is 0.144. The lowest BCUT2D eigenvalue weighted by atomic mass is 10.1. The molecular formula is C12H13N5O3. The van der Waals surface area contributed by atoms with E-state index >= 15 is 0 Å². The summed E-state index contributed by atoms with van der Waals surface area (Å²) >= 11 is 0. The number of nitriles is 1. The molecule has 0 spiro atoms. The first-order valence-corrected chi connectivity index (χ1v) is 5.99. The molecule has 3 N–H and O–H groups in total. The predicted octanol–water partition coefficient (Wildman–Crippen LogP) is -0.270. The minimum atomic E-state index is -0.543. The molecule has 1 saturated heterocycles. The van der Waals surface area contributed by atoms with Crippen molar-refractivity contribution in [3.63, 3.8) is 0 Å². The van der Waals surface area contributed by atoms with Crippen LogP contribution in [0.1, 0.15) is 5.56 Å². The van der Waals surface area contributed by atoms with Crippen molar-refractivity contribution in [2.24, 2.45) is 5.73 Å². The fraction of sp³-hybridized carbons (Fsp3) is 0.333. The normalized spacial score (nSPS) is 18.4. The summed E-state index contributed by atoms with van der Waals surface area (Å²) in [5, 5.41) is 22.9. The zero-order valence-electron chi connectivity index (χ0n) is 10.6. The summed E-state index contributed by atoms with van der Waals surface area (Å²) in [6, 6.07) is 5.61. The lowest BCUT2D eigenvalue weighted by Gasteiger charge is -2.33. The highest BCUT2D eigenvalue weighted by molar-refractivity contribution is 5.81. The molecule has 1 fully saturated rings. The summed E-state index contributed by atoms with van der Waals surface area (Å²) in [6.07, 6.45) is 0. The van der Waals surface area contributed by atoms with E-state index in [4.69, 9.17) is 11.0 Å². The second kappa shape index (κ2) is 5.54. The van der Waals surface area contributed by atoms with Crippen molar-refractivity contribution in [1.82, 2.24) is 5.32 Å². The van der Waals surface area contributed by atoms with Gasteiger partial charge in [-0.1, -0.05) is 0 Å². The number of nitro benzene ring substituents is 1. The van der Waals surface area contributed by atoms with E-state index in [0.29, 0.717) is 18.8 Å². The van der Waals surface area contributed by atoms with Crippen LogP contribution in [-0.2, 0) is 4.79 Å². The molecule has 1 atom stereocenters. The number of hydrogen-bond acceptors (Lipinski definition) is 6. The number of nitrogens with zero attached hydrogens (tertiary/aromatic N) is 3. The van der Waals surface area contributed by atoms with E-state index in [1.165, 1.54) is 18.2 Å². The number of nitrogens with two attached hydrogens (primary N) is 1. The number of carbonyl (C=O) groups is 1. The van der Waals surface area contributed by atoms with Crippen LogP contribution in [0.2, 0.25) is 0 Å². The van der Waals surface area contributed by atoms with Crippen LogP contribution in [0.15, 0.2) is 18.2 Å². The van der Waals surface area contributed by atoms with Crippen LogP contribution in [0, 0.1) is 21.4 Å². The number of amides is 1. The standard InChI is InChI=1S/C12H13N5O3/c13-6-8-1-2-10(11(5-8)17(19)20)16-4-3-15-9(7-16)12(14)18/h1-2,5,9,15H,3-4,7H2,(H2,14,18). The minimum Gasteiger partial charge on any atom is -0.368 e. The summed E-state index contributed by atoms with van der Waals surface area (Å²) in [5.74, 6) is -0.494. The number of piperazine rings is 1. The second-order valence-corrected chi connectivity index (χ2v) is 4.43. The fourth-order valence-corrected chi connectivity index (χ4v) is 2.17. The van der Waals surface area contributed by atoms with Crippen LogP contribution in [0.5, 0.6) is 0 Å². The average Bonchev–Trinajstić information content (AvgIpc) is 2.46. The quantitative estimate of drug-likeness (QED) is 0.577. The van der Waals surface area contributed by atoms with Crippen LogP contribution in [-0.4, -0.2) is 36.5 Å². The lowest BCUT2D eigenvalue weighted by molar-refractivity contribution is -0.384. The molecule has 8 nitrogen and oxygen atoms in total. The van der Waals surface area contributed by atoms with Crippen molar-refractivity contribution >= 4 is 17.3 Å². The van der Waals surface area contributed by atoms with E-state index in [1.807, 2.05) is 6.07 Å². The molecule has 20 heavy (non-hydrogen) atoms. The van der Waals surface area contributed by atoms with E-state index in [-0.39, 0.29) is 17.8 Å². The van der Waals surface area contributed by atoms with Crippen molar-refractivity contribution in [1.29, 1.82) is 5.26 Å². The van der Waals surface area contributed by atoms with Gasteiger partial charge in [-0.05, 0) is 12.1 Å². The predicted molar refractivity (Wildman–Crippen MR) is 71.0 cm³/mol. The Labute approximate surface area is 114 Å². The second-order valence-electron chi connectivity index (χ2n) is 4.43. The summed E-state index contributed by atoms with van der Waals surface area (Å²) in [6.45, 7) is 1.29. The van der Waals surface area contributed by atoms with Gasteiger partial charge >= 0.3 is 0 Å². The zero-order valence-corrected chi connectivity index (χ0v) is 10.6. The van der Waals surface area contributed by atoms with Crippen LogP contribution >= 0.6 is 0 Å². The number of rotatable bonds is 3. The van der Waals surface area contributed by atoms with Gasteiger partial charge in [0, 0.05) is 25.7 Å². The first kappa shape index (κ1) is 13.8. The van der Waals surface area contributed by atoms with Gasteiger partial charge in [-0.3, -0.25) is 14.9 Å². The maximum absolute atomic E-state index is 11.2. The number of nitrogens with one attached hydrogen (secondary N) is 1. The van der Waals surface area contributed by atoms with Crippen LogP contribution in [0.4, 0.5) is 11.4 Å². The van der Waals surface area contributed by atoms with Gasteiger partial charge in [-0.25, -0.2) is 0 Å². The number of nitro groups is 1. The highest BCUT2D eigenvalue weighted by Gasteiger charge is 2.27. The first-order chi connectivity index (χ1) is 9.52. The largest absolute Gasteiger partial charge is 0.368 e. The molecule has 0 radical (unpaired) electrons. The molecule has 8 heteroatoms. The molecule has 1 aliphatic heterocycles. The Morgan fingerprint density at radius 2 is 2.35 bits per heavy atom. The molecule has 1 unspecified atom stereocenters. The van der Waals surface area contributed by atoms with Crippen molar-refractivity contribution in [3.05, 3.63) is 33.9 Å². The highest BCUT2D eigenvalue weighted by Crippen LogP contribution is 2.29. The van der Waals surface area contributed by atoms with E-state index in [0.717, 1.165) is 0 Å². The maximum Gasteiger partial charge on any atom is 0.293 e. The number of benzene rings is 1. The lowest BCUT2D eigenvalue weighted by Crippen LogP contribution is -2.56.